The number of rotatable bonds is 3. The number of hydrogen-bond donors (Lipinski definition) is 1. The first kappa shape index (κ1) is 11.0. The Morgan fingerprint density at radius 1 is 1.33 bits per heavy atom. The van der Waals surface area contributed by atoms with Crippen LogP contribution in [0, 0.1) is 0 Å². The van der Waals surface area contributed by atoms with Gasteiger partial charge in [-0.25, -0.2) is 4.52 Å². The molecule has 0 saturated carbocycles. The van der Waals surface area contributed by atoms with E-state index < -0.39 is 0 Å². The smallest absolute Gasteiger partial charge is 0.261 e. The van der Waals surface area contributed by atoms with Gasteiger partial charge in [-0.05, 0) is 29.6 Å². The maximum Gasteiger partial charge on any atom is 0.261 e. The SMILES string of the molecule is O=C(NCc1cc2ccccn2n1)c1cccs1. The Morgan fingerprint density at radius 3 is 3.06 bits per heavy atom. The van der Waals surface area contributed by atoms with Crippen molar-refractivity contribution in [1.29, 1.82) is 0 Å². The predicted octanol–water partition coefficient (Wildman–Crippen LogP) is 2.33. The lowest BCUT2D eigenvalue weighted by atomic mass is 10.3. The Balaban J connectivity index is 1.71. The number of fused-ring (bicyclic) bond motifs is 1. The number of nitrogens with one attached hydrogen (secondary N) is 1. The van der Waals surface area contributed by atoms with Crippen molar-refractivity contribution in [2.75, 3.05) is 0 Å². The normalized spacial score (nSPS) is 10.7. The summed E-state index contributed by atoms with van der Waals surface area (Å²) in [6.07, 6.45) is 1.89. The van der Waals surface area contributed by atoms with Crippen molar-refractivity contribution in [1.82, 2.24) is 14.9 Å². The number of carbonyl (C=O) groups is 1. The van der Waals surface area contributed by atoms with Crippen LogP contribution in [0.25, 0.3) is 5.52 Å². The lowest BCUT2D eigenvalue weighted by molar-refractivity contribution is 0.0954. The van der Waals surface area contributed by atoms with E-state index in [0.717, 1.165) is 16.1 Å². The molecular formula is C13H11N3OS. The maximum atomic E-state index is 11.8. The first-order chi connectivity index (χ1) is 8.83. The second-order valence-electron chi connectivity index (χ2n) is 3.87. The van der Waals surface area contributed by atoms with Gasteiger partial charge in [0.25, 0.3) is 5.91 Å². The molecule has 3 heterocycles. The number of carbonyl (C=O) groups excluding carboxylic acids is 1. The largest absolute Gasteiger partial charge is 0.346 e. The fraction of sp³-hybridized carbons (Fsp3) is 0.0769. The molecule has 90 valence electrons. The van der Waals surface area contributed by atoms with Gasteiger partial charge in [0.2, 0.25) is 0 Å². The number of aromatic nitrogens is 2. The minimum atomic E-state index is -0.0537. The summed E-state index contributed by atoms with van der Waals surface area (Å²) in [4.78, 5) is 12.5. The van der Waals surface area contributed by atoms with E-state index in [0.29, 0.717) is 6.54 Å². The molecule has 1 amide bonds. The molecule has 0 unspecified atom stereocenters. The van der Waals surface area contributed by atoms with Crippen molar-refractivity contribution in [3.63, 3.8) is 0 Å². The second-order valence-corrected chi connectivity index (χ2v) is 4.81. The van der Waals surface area contributed by atoms with Crippen molar-refractivity contribution in [2.24, 2.45) is 0 Å². The Morgan fingerprint density at radius 2 is 2.28 bits per heavy atom. The molecule has 4 nitrogen and oxygen atoms in total. The molecule has 3 rings (SSSR count). The molecule has 0 saturated heterocycles. The van der Waals surface area contributed by atoms with Crippen molar-refractivity contribution in [2.45, 2.75) is 6.54 Å². The lowest BCUT2D eigenvalue weighted by Gasteiger charge is -1.99. The summed E-state index contributed by atoms with van der Waals surface area (Å²) >= 11 is 1.43. The zero-order chi connectivity index (χ0) is 12.4. The fourth-order valence-corrected chi connectivity index (χ4v) is 2.38. The van der Waals surface area contributed by atoms with Crippen LogP contribution in [0.2, 0.25) is 0 Å². The van der Waals surface area contributed by atoms with Crippen LogP contribution in [0.15, 0.2) is 48.0 Å². The van der Waals surface area contributed by atoms with E-state index in [-0.39, 0.29) is 5.91 Å². The van der Waals surface area contributed by atoms with Gasteiger partial charge in [-0.15, -0.1) is 11.3 Å². The second kappa shape index (κ2) is 4.62. The maximum absolute atomic E-state index is 11.8. The van der Waals surface area contributed by atoms with Gasteiger partial charge in [-0.1, -0.05) is 12.1 Å². The van der Waals surface area contributed by atoms with E-state index in [1.54, 1.807) is 4.52 Å². The zero-order valence-electron chi connectivity index (χ0n) is 9.54. The average molecular weight is 257 g/mol. The highest BCUT2D eigenvalue weighted by molar-refractivity contribution is 7.12. The molecule has 0 aliphatic carbocycles. The van der Waals surface area contributed by atoms with Gasteiger partial charge in [0.15, 0.2) is 0 Å². The number of thiophene rings is 1. The topological polar surface area (TPSA) is 46.4 Å². The Hall–Kier alpha value is -2.14. The number of hydrogen-bond acceptors (Lipinski definition) is 3. The van der Waals surface area contributed by atoms with E-state index in [9.17, 15) is 4.79 Å². The van der Waals surface area contributed by atoms with Crippen LogP contribution >= 0.6 is 11.3 Å². The minimum Gasteiger partial charge on any atom is -0.346 e. The Bertz CT molecular complexity index is 639. The van der Waals surface area contributed by atoms with Gasteiger partial charge in [0.05, 0.1) is 22.6 Å². The van der Waals surface area contributed by atoms with Crippen LogP contribution < -0.4 is 5.32 Å². The summed E-state index contributed by atoms with van der Waals surface area (Å²) in [7, 11) is 0. The highest BCUT2D eigenvalue weighted by Crippen LogP contribution is 2.09. The summed E-state index contributed by atoms with van der Waals surface area (Å²) in [6, 6.07) is 11.5. The molecule has 0 radical (unpaired) electrons. The van der Waals surface area contributed by atoms with Crippen molar-refractivity contribution in [3.05, 3.63) is 58.5 Å². The molecule has 0 aliphatic heterocycles. The van der Waals surface area contributed by atoms with Crippen LogP contribution in [0.5, 0.6) is 0 Å². The molecule has 3 aromatic heterocycles. The summed E-state index contributed by atoms with van der Waals surface area (Å²) in [5.41, 5.74) is 1.88. The molecular weight excluding hydrogens is 246 g/mol. The third-order valence-corrected chi connectivity index (χ3v) is 3.46. The molecule has 0 atom stereocenters. The third-order valence-electron chi connectivity index (χ3n) is 2.60. The Kier molecular flexibility index (Phi) is 2.82. The monoisotopic (exact) mass is 257 g/mol. The van der Waals surface area contributed by atoms with Crippen molar-refractivity contribution < 1.29 is 4.79 Å². The van der Waals surface area contributed by atoms with Gasteiger partial charge >= 0.3 is 0 Å². The zero-order valence-corrected chi connectivity index (χ0v) is 10.4. The van der Waals surface area contributed by atoms with Crippen LogP contribution in [-0.2, 0) is 6.54 Å². The van der Waals surface area contributed by atoms with Gasteiger partial charge in [-0.3, -0.25) is 4.79 Å². The predicted molar refractivity (Wildman–Crippen MR) is 70.7 cm³/mol. The lowest BCUT2D eigenvalue weighted by Crippen LogP contribution is -2.21. The number of nitrogens with zero attached hydrogens (tertiary/aromatic N) is 2. The number of pyridine rings is 1. The van der Waals surface area contributed by atoms with Crippen LogP contribution in [0.3, 0.4) is 0 Å². The van der Waals surface area contributed by atoms with Gasteiger partial charge < -0.3 is 5.32 Å². The molecule has 3 aromatic rings. The van der Waals surface area contributed by atoms with Crippen LogP contribution in [-0.4, -0.2) is 15.5 Å². The standard InChI is InChI=1S/C13H11N3OS/c17-13(12-5-3-7-18-12)14-9-10-8-11-4-1-2-6-16(11)15-10/h1-8H,9H2,(H,14,17). The van der Waals surface area contributed by atoms with Crippen LogP contribution in [0.1, 0.15) is 15.4 Å². The van der Waals surface area contributed by atoms with E-state index in [1.165, 1.54) is 11.3 Å². The molecule has 0 fully saturated rings. The molecule has 18 heavy (non-hydrogen) atoms. The third kappa shape index (κ3) is 2.12. The van der Waals surface area contributed by atoms with Gasteiger partial charge in [0.1, 0.15) is 0 Å². The van der Waals surface area contributed by atoms with Crippen LogP contribution in [0.4, 0.5) is 0 Å². The molecule has 0 spiro atoms. The highest BCUT2D eigenvalue weighted by atomic mass is 32.1. The fourth-order valence-electron chi connectivity index (χ4n) is 1.74. The molecule has 5 heteroatoms. The number of amides is 1. The summed E-state index contributed by atoms with van der Waals surface area (Å²) in [5.74, 6) is -0.0537. The Labute approximate surface area is 108 Å². The van der Waals surface area contributed by atoms with E-state index in [2.05, 4.69) is 10.4 Å². The molecule has 0 aliphatic rings. The molecule has 1 N–H and O–H groups in total. The van der Waals surface area contributed by atoms with Gasteiger partial charge in [-0.2, -0.15) is 5.10 Å². The highest BCUT2D eigenvalue weighted by Gasteiger charge is 2.07. The molecule has 0 bridgehead atoms. The summed E-state index contributed by atoms with van der Waals surface area (Å²) < 4.78 is 1.80. The minimum absolute atomic E-state index is 0.0537. The van der Waals surface area contributed by atoms with E-state index >= 15 is 0 Å². The van der Waals surface area contributed by atoms with E-state index in [4.69, 9.17) is 0 Å². The summed E-state index contributed by atoms with van der Waals surface area (Å²) in [5, 5.41) is 9.12. The van der Waals surface area contributed by atoms with Crippen molar-refractivity contribution in [3.8, 4) is 0 Å². The molecule has 0 aromatic carbocycles. The van der Waals surface area contributed by atoms with E-state index in [1.807, 2.05) is 48.0 Å². The van der Waals surface area contributed by atoms with Crippen molar-refractivity contribution >= 4 is 22.8 Å². The first-order valence-corrected chi connectivity index (χ1v) is 6.46. The summed E-state index contributed by atoms with van der Waals surface area (Å²) in [6.45, 7) is 0.443. The quantitative estimate of drug-likeness (QED) is 0.782. The first-order valence-electron chi connectivity index (χ1n) is 5.58. The average Bonchev–Trinajstić information content (AvgIpc) is 3.04. The van der Waals surface area contributed by atoms with Gasteiger partial charge in [0, 0.05) is 6.20 Å².